The lowest BCUT2D eigenvalue weighted by Crippen LogP contribution is -1.89. The molecule has 66 valence electrons. The third-order valence-corrected chi connectivity index (χ3v) is 2.06. The fraction of sp³-hybridized carbons (Fsp3) is 0.111. The maximum atomic E-state index is 11.0. The van der Waals surface area contributed by atoms with Crippen LogP contribution >= 0.6 is 11.6 Å². The maximum Gasteiger partial charge on any atom is 0.175 e. The summed E-state index contributed by atoms with van der Waals surface area (Å²) in [5.41, 5.74) is 1.41. The van der Waals surface area contributed by atoms with E-state index in [0.29, 0.717) is 10.8 Å². The number of pyridine rings is 1. The quantitative estimate of drug-likeness (QED) is 0.560. The van der Waals surface area contributed by atoms with Gasteiger partial charge >= 0.3 is 0 Å². The van der Waals surface area contributed by atoms with Crippen LogP contribution in [0.5, 0.6) is 0 Å². The Kier molecular flexibility index (Phi) is 1.81. The van der Waals surface area contributed by atoms with Crippen molar-refractivity contribution in [2.24, 2.45) is 0 Å². The molecule has 0 aromatic carbocycles. The van der Waals surface area contributed by atoms with Crippen LogP contribution in [0.25, 0.3) is 10.9 Å². The molecule has 3 nitrogen and oxygen atoms in total. The Bertz CT molecular complexity index is 475. The summed E-state index contributed by atoms with van der Waals surface area (Å²) in [4.78, 5) is 17.9. The molecule has 0 aliphatic heterocycles. The Labute approximate surface area is 79.7 Å². The van der Waals surface area contributed by atoms with Gasteiger partial charge in [-0.3, -0.25) is 4.79 Å². The van der Waals surface area contributed by atoms with Crippen molar-refractivity contribution in [3.63, 3.8) is 0 Å². The number of Topliss-reactive ketones (excluding diaryl/α,β-unsaturated/α-hetero) is 1. The minimum atomic E-state index is 0.00678. The van der Waals surface area contributed by atoms with E-state index in [1.54, 1.807) is 18.3 Å². The number of ketones is 1. The van der Waals surface area contributed by atoms with E-state index >= 15 is 0 Å². The van der Waals surface area contributed by atoms with Crippen molar-refractivity contribution >= 4 is 28.3 Å². The molecule has 0 bridgehead atoms. The van der Waals surface area contributed by atoms with Gasteiger partial charge in [-0.1, -0.05) is 11.6 Å². The van der Waals surface area contributed by atoms with Crippen molar-refractivity contribution in [3.05, 3.63) is 29.2 Å². The van der Waals surface area contributed by atoms with Crippen molar-refractivity contribution in [2.75, 3.05) is 0 Å². The van der Waals surface area contributed by atoms with Crippen LogP contribution in [0, 0.1) is 0 Å². The highest BCUT2D eigenvalue weighted by Crippen LogP contribution is 2.17. The Morgan fingerprint density at radius 3 is 3.00 bits per heavy atom. The number of aromatic amines is 1. The van der Waals surface area contributed by atoms with E-state index in [1.807, 2.05) is 0 Å². The van der Waals surface area contributed by atoms with Crippen LogP contribution in [-0.4, -0.2) is 15.8 Å². The van der Waals surface area contributed by atoms with Crippen molar-refractivity contribution in [2.45, 2.75) is 6.92 Å². The topological polar surface area (TPSA) is 45.8 Å². The zero-order valence-electron chi connectivity index (χ0n) is 6.97. The molecule has 4 heteroatoms. The summed E-state index contributed by atoms with van der Waals surface area (Å²) in [6, 6.07) is 3.49. The second-order valence-electron chi connectivity index (χ2n) is 2.83. The van der Waals surface area contributed by atoms with E-state index in [4.69, 9.17) is 11.6 Å². The molecule has 2 aromatic heterocycles. The predicted molar refractivity (Wildman–Crippen MR) is 51.1 cm³/mol. The third-order valence-electron chi connectivity index (χ3n) is 1.85. The first-order valence-electron chi connectivity index (χ1n) is 3.82. The van der Waals surface area contributed by atoms with Gasteiger partial charge in [0.25, 0.3) is 0 Å². The Balaban J connectivity index is 2.68. The maximum absolute atomic E-state index is 11.0. The molecule has 0 aliphatic rings. The van der Waals surface area contributed by atoms with E-state index in [1.165, 1.54) is 6.92 Å². The molecule has 2 aromatic rings. The predicted octanol–water partition coefficient (Wildman–Crippen LogP) is 2.42. The summed E-state index contributed by atoms with van der Waals surface area (Å²) in [6.45, 7) is 1.51. The summed E-state index contributed by atoms with van der Waals surface area (Å²) in [5.74, 6) is 0.00678. The number of hydrogen-bond acceptors (Lipinski definition) is 2. The first kappa shape index (κ1) is 8.26. The van der Waals surface area contributed by atoms with E-state index in [-0.39, 0.29) is 5.78 Å². The fourth-order valence-corrected chi connectivity index (χ4v) is 1.36. The zero-order chi connectivity index (χ0) is 9.42. The van der Waals surface area contributed by atoms with Crippen molar-refractivity contribution in [3.8, 4) is 0 Å². The highest BCUT2D eigenvalue weighted by Gasteiger charge is 2.04. The number of nitrogens with one attached hydrogen (secondary N) is 1. The minimum Gasteiger partial charge on any atom is -0.351 e. The summed E-state index contributed by atoms with van der Waals surface area (Å²) < 4.78 is 0. The number of carbonyl (C=O) groups excluding carboxylic acids is 1. The van der Waals surface area contributed by atoms with E-state index in [0.717, 1.165) is 10.9 Å². The number of fused-ring (bicyclic) bond motifs is 1. The number of hydrogen-bond donors (Lipinski definition) is 1. The minimum absolute atomic E-state index is 0.00678. The molecule has 0 saturated carbocycles. The smallest absolute Gasteiger partial charge is 0.175 e. The molecular formula is C9H7ClN2O. The van der Waals surface area contributed by atoms with Gasteiger partial charge < -0.3 is 4.98 Å². The van der Waals surface area contributed by atoms with Gasteiger partial charge in [0.05, 0.1) is 17.4 Å². The number of H-pyrrole nitrogens is 1. The molecule has 1 N–H and O–H groups in total. The first-order chi connectivity index (χ1) is 6.16. The monoisotopic (exact) mass is 194 g/mol. The van der Waals surface area contributed by atoms with Crippen LogP contribution in [0.15, 0.2) is 18.3 Å². The zero-order valence-corrected chi connectivity index (χ0v) is 7.72. The standard InChI is InChI=1S/C9H7ClN2O/c1-5(13)7-2-6-3-9(10)11-4-8(6)12-7/h2-4,12H,1H3. The van der Waals surface area contributed by atoms with Gasteiger partial charge in [-0.2, -0.15) is 0 Å². The molecule has 0 amide bonds. The van der Waals surface area contributed by atoms with E-state index < -0.39 is 0 Å². The summed E-state index contributed by atoms with van der Waals surface area (Å²) >= 11 is 5.70. The lowest BCUT2D eigenvalue weighted by molar-refractivity contribution is 0.101. The number of rotatable bonds is 1. The Hall–Kier alpha value is -1.35. The molecular weight excluding hydrogens is 188 g/mol. The average Bonchev–Trinajstić information content (AvgIpc) is 2.46. The first-order valence-corrected chi connectivity index (χ1v) is 4.20. The van der Waals surface area contributed by atoms with Crippen LogP contribution in [0.1, 0.15) is 17.4 Å². The molecule has 0 fully saturated rings. The van der Waals surface area contributed by atoms with E-state index in [2.05, 4.69) is 9.97 Å². The molecule has 0 atom stereocenters. The summed E-state index contributed by atoms with van der Waals surface area (Å²) in [5, 5.41) is 1.34. The van der Waals surface area contributed by atoms with Crippen LogP contribution < -0.4 is 0 Å². The van der Waals surface area contributed by atoms with Gasteiger partial charge in [0.1, 0.15) is 5.15 Å². The van der Waals surface area contributed by atoms with Gasteiger partial charge in [-0.15, -0.1) is 0 Å². The molecule has 2 rings (SSSR count). The van der Waals surface area contributed by atoms with Gasteiger partial charge in [-0.25, -0.2) is 4.98 Å². The molecule has 0 aliphatic carbocycles. The fourth-order valence-electron chi connectivity index (χ4n) is 1.19. The van der Waals surface area contributed by atoms with Crippen LogP contribution in [0.3, 0.4) is 0 Å². The third kappa shape index (κ3) is 1.42. The Morgan fingerprint density at radius 2 is 2.31 bits per heavy atom. The second-order valence-corrected chi connectivity index (χ2v) is 3.22. The van der Waals surface area contributed by atoms with Gasteiger partial charge in [-0.05, 0) is 12.1 Å². The van der Waals surface area contributed by atoms with Gasteiger partial charge in [0.15, 0.2) is 5.78 Å². The van der Waals surface area contributed by atoms with E-state index in [9.17, 15) is 4.79 Å². The van der Waals surface area contributed by atoms with Crippen LogP contribution in [0.2, 0.25) is 5.15 Å². The summed E-state index contributed by atoms with van der Waals surface area (Å²) in [6.07, 6.45) is 1.62. The number of aromatic nitrogens is 2. The lowest BCUT2D eigenvalue weighted by Gasteiger charge is -1.88. The average molecular weight is 195 g/mol. The molecule has 0 radical (unpaired) electrons. The second kappa shape index (κ2) is 2.85. The van der Waals surface area contributed by atoms with Crippen molar-refractivity contribution in [1.29, 1.82) is 0 Å². The van der Waals surface area contributed by atoms with Crippen LogP contribution in [0.4, 0.5) is 0 Å². The molecule has 2 heterocycles. The number of nitrogens with zero attached hydrogens (tertiary/aromatic N) is 1. The number of halogens is 1. The SMILES string of the molecule is CC(=O)c1cc2cc(Cl)ncc2[nH]1. The van der Waals surface area contributed by atoms with Gasteiger partial charge in [0.2, 0.25) is 0 Å². The largest absolute Gasteiger partial charge is 0.351 e. The number of carbonyl (C=O) groups is 1. The summed E-state index contributed by atoms with van der Waals surface area (Å²) in [7, 11) is 0. The van der Waals surface area contributed by atoms with Crippen molar-refractivity contribution < 1.29 is 4.79 Å². The molecule has 0 spiro atoms. The normalized spacial score (nSPS) is 10.6. The molecule has 0 saturated heterocycles. The molecule has 0 unspecified atom stereocenters. The lowest BCUT2D eigenvalue weighted by atomic mass is 10.3. The highest BCUT2D eigenvalue weighted by molar-refractivity contribution is 6.30. The van der Waals surface area contributed by atoms with Crippen LogP contribution in [-0.2, 0) is 0 Å². The van der Waals surface area contributed by atoms with Gasteiger partial charge in [0, 0.05) is 12.3 Å². The van der Waals surface area contributed by atoms with Crippen molar-refractivity contribution in [1.82, 2.24) is 9.97 Å². The molecule has 13 heavy (non-hydrogen) atoms. The Morgan fingerprint density at radius 1 is 1.54 bits per heavy atom. The highest BCUT2D eigenvalue weighted by atomic mass is 35.5.